The second kappa shape index (κ2) is 10.3. The number of hydrogen-bond acceptors (Lipinski definition) is 6. The molecular formula is C7H19NO6S. The van der Waals surface area contributed by atoms with Crippen molar-refractivity contribution >= 4 is 10.1 Å². The van der Waals surface area contributed by atoms with Crippen LogP contribution in [0.2, 0.25) is 0 Å². The lowest BCUT2D eigenvalue weighted by Gasteiger charge is -1.97. The van der Waals surface area contributed by atoms with E-state index in [4.69, 9.17) is 19.9 Å². The van der Waals surface area contributed by atoms with E-state index in [9.17, 15) is 8.42 Å². The topological polar surface area (TPSA) is 127 Å². The molecule has 0 aliphatic heterocycles. The molecule has 0 aromatic rings. The van der Waals surface area contributed by atoms with Crippen molar-refractivity contribution in [2.45, 2.75) is 13.0 Å². The quantitative estimate of drug-likeness (QED) is 0.266. The SMILES string of the molecule is CC(O)CS(=O)(=O)O.OCCNCCO. The lowest BCUT2D eigenvalue weighted by atomic mass is 10.5. The Labute approximate surface area is 89.5 Å². The maximum absolute atomic E-state index is 9.84. The van der Waals surface area contributed by atoms with E-state index < -0.39 is 22.0 Å². The van der Waals surface area contributed by atoms with Crippen LogP contribution in [0.1, 0.15) is 6.92 Å². The average Bonchev–Trinajstić information content (AvgIpc) is 2.01. The molecule has 7 nitrogen and oxygen atoms in total. The molecule has 0 fully saturated rings. The fraction of sp³-hybridized carbons (Fsp3) is 1.00. The number of rotatable bonds is 6. The summed E-state index contributed by atoms with van der Waals surface area (Å²) < 4.78 is 27.7. The lowest BCUT2D eigenvalue weighted by Crippen LogP contribution is -2.21. The highest BCUT2D eigenvalue weighted by atomic mass is 32.2. The van der Waals surface area contributed by atoms with Crippen LogP contribution in [0.5, 0.6) is 0 Å². The highest BCUT2D eigenvalue weighted by molar-refractivity contribution is 7.85. The molecule has 15 heavy (non-hydrogen) atoms. The van der Waals surface area contributed by atoms with E-state index in [1.165, 1.54) is 6.92 Å². The third-order valence-corrected chi connectivity index (χ3v) is 1.93. The Morgan fingerprint density at radius 2 is 1.60 bits per heavy atom. The number of aliphatic hydroxyl groups excluding tert-OH is 3. The van der Waals surface area contributed by atoms with Crippen molar-refractivity contribution in [2.24, 2.45) is 0 Å². The summed E-state index contributed by atoms with van der Waals surface area (Å²) in [5.74, 6) is -0.590. The zero-order valence-electron chi connectivity index (χ0n) is 8.63. The first-order valence-corrected chi connectivity index (χ1v) is 6.00. The number of hydrogen-bond donors (Lipinski definition) is 5. The number of nitrogens with one attached hydrogen (secondary N) is 1. The summed E-state index contributed by atoms with van der Waals surface area (Å²) in [4.78, 5) is 0. The first kappa shape index (κ1) is 17.2. The van der Waals surface area contributed by atoms with Gasteiger partial charge < -0.3 is 20.6 Å². The molecule has 0 bridgehead atoms. The van der Waals surface area contributed by atoms with Crippen molar-refractivity contribution in [1.82, 2.24) is 5.32 Å². The van der Waals surface area contributed by atoms with Crippen LogP contribution in [0, 0.1) is 0 Å². The predicted octanol–water partition coefficient (Wildman–Crippen LogP) is -2.18. The Kier molecular flexibility index (Phi) is 11.7. The first-order chi connectivity index (χ1) is 6.83. The summed E-state index contributed by atoms with van der Waals surface area (Å²) in [6.45, 7) is 2.70. The van der Waals surface area contributed by atoms with Crippen molar-refractivity contribution in [3.05, 3.63) is 0 Å². The molecule has 0 heterocycles. The van der Waals surface area contributed by atoms with Crippen LogP contribution in [0.4, 0.5) is 0 Å². The van der Waals surface area contributed by atoms with Crippen molar-refractivity contribution in [3.8, 4) is 0 Å². The molecule has 8 heteroatoms. The highest BCUT2D eigenvalue weighted by Crippen LogP contribution is 1.86. The van der Waals surface area contributed by atoms with Crippen LogP contribution in [-0.4, -0.2) is 66.5 Å². The van der Waals surface area contributed by atoms with E-state index in [0.717, 1.165) is 0 Å². The summed E-state index contributed by atoms with van der Waals surface area (Å²) in [5, 5.41) is 27.4. The fourth-order valence-corrected chi connectivity index (χ4v) is 1.20. The van der Waals surface area contributed by atoms with Crippen LogP contribution in [0.15, 0.2) is 0 Å². The van der Waals surface area contributed by atoms with Gasteiger partial charge in [0.25, 0.3) is 10.1 Å². The smallest absolute Gasteiger partial charge is 0.267 e. The second-order valence-electron chi connectivity index (χ2n) is 2.79. The van der Waals surface area contributed by atoms with Crippen LogP contribution >= 0.6 is 0 Å². The van der Waals surface area contributed by atoms with Gasteiger partial charge in [0.15, 0.2) is 0 Å². The van der Waals surface area contributed by atoms with Gasteiger partial charge in [-0.15, -0.1) is 0 Å². The Hall–Kier alpha value is -0.250. The van der Waals surface area contributed by atoms with E-state index in [2.05, 4.69) is 5.32 Å². The molecule has 0 aliphatic rings. The average molecular weight is 245 g/mol. The third kappa shape index (κ3) is 24.8. The minimum atomic E-state index is -3.97. The predicted molar refractivity (Wildman–Crippen MR) is 55.1 cm³/mol. The van der Waals surface area contributed by atoms with Crippen LogP contribution < -0.4 is 5.32 Å². The molecule has 94 valence electrons. The van der Waals surface area contributed by atoms with Crippen molar-refractivity contribution < 1.29 is 28.3 Å². The van der Waals surface area contributed by atoms with Crippen molar-refractivity contribution in [2.75, 3.05) is 32.1 Å². The molecule has 0 saturated heterocycles. The van der Waals surface area contributed by atoms with Gasteiger partial charge in [0, 0.05) is 13.1 Å². The van der Waals surface area contributed by atoms with Gasteiger partial charge in [-0.2, -0.15) is 8.42 Å². The van der Waals surface area contributed by atoms with Gasteiger partial charge >= 0.3 is 0 Å². The third-order valence-electron chi connectivity index (χ3n) is 1.03. The molecule has 5 N–H and O–H groups in total. The first-order valence-electron chi connectivity index (χ1n) is 4.39. The lowest BCUT2D eigenvalue weighted by molar-refractivity contribution is 0.215. The van der Waals surface area contributed by atoms with Crippen LogP contribution in [-0.2, 0) is 10.1 Å². The van der Waals surface area contributed by atoms with E-state index in [-0.39, 0.29) is 13.2 Å². The Bertz CT molecular complexity index is 212. The molecule has 0 radical (unpaired) electrons. The second-order valence-corrected chi connectivity index (χ2v) is 4.29. The Morgan fingerprint density at radius 1 is 1.20 bits per heavy atom. The summed E-state index contributed by atoms with van der Waals surface area (Å²) in [6, 6.07) is 0. The summed E-state index contributed by atoms with van der Waals surface area (Å²) >= 11 is 0. The maximum Gasteiger partial charge on any atom is 0.267 e. The van der Waals surface area contributed by atoms with E-state index in [0.29, 0.717) is 13.1 Å². The summed E-state index contributed by atoms with van der Waals surface area (Å²) in [7, 11) is -3.97. The normalized spacial score (nSPS) is 12.9. The van der Waals surface area contributed by atoms with Gasteiger partial charge in [-0.25, -0.2) is 0 Å². The molecule has 0 aromatic heterocycles. The summed E-state index contributed by atoms with van der Waals surface area (Å²) in [5.41, 5.74) is 0. The van der Waals surface area contributed by atoms with Crippen LogP contribution in [0.3, 0.4) is 0 Å². The molecular weight excluding hydrogens is 226 g/mol. The molecule has 0 aliphatic carbocycles. The van der Waals surface area contributed by atoms with Gasteiger partial charge in [0.1, 0.15) is 5.75 Å². The monoisotopic (exact) mass is 245 g/mol. The standard InChI is InChI=1S/C4H11NO2.C3H8O4S/c6-3-1-5-2-4-7;1-3(4)2-8(5,6)7/h5-7H,1-4H2;3-4H,2H2,1H3,(H,5,6,7). The van der Waals surface area contributed by atoms with Gasteiger partial charge in [0.05, 0.1) is 19.3 Å². The summed E-state index contributed by atoms with van der Waals surface area (Å²) in [6.07, 6.45) is -0.995. The number of aliphatic hydroxyl groups is 3. The zero-order chi connectivity index (χ0) is 12.3. The van der Waals surface area contributed by atoms with Gasteiger partial charge in [-0.3, -0.25) is 4.55 Å². The zero-order valence-corrected chi connectivity index (χ0v) is 9.44. The van der Waals surface area contributed by atoms with Crippen LogP contribution in [0.25, 0.3) is 0 Å². The van der Waals surface area contributed by atoms with Gasteiger partial charge in [0.2, 0.25) is 0 Å². The molecule has 1 unspecified atom stereocenters. The minimum absolute atomic E-state index is 0.139. The van der Waals surface area contributed by atoms with Gasteiger partial charge in [-0.05, 0) is 6.92 Å². The fourth-order valence-electron chi connectivity index (χ4n) is 0.588. The molecule has 0 amide bonds. The molecule has 1 atom stereocenters. The van der Waals surface area contributed by atoms with E-state index in [1.807, 2.05) is 0 Å². The minimum Gasteiger partial charge on any atom is -0.395 e. The molecule has 0 aromatic carbocycles. The largest absolute Gasteiger partial charge is 0.395 e. The highest BCUT2D eigenvalue weighted by Gasteiger charge is 2.07. The van der Waals surface area contributed by atoms with Crippen molar-refractivity contribution in [3.63, 3.8) is 0 Å². The molecule has 0 saturated carbocycles. The maximum atomic E-state index is 9.84. The van der Waals surface area contributed by atoms with Gasteiger partial charge in [-0.1, -0.05) is 0 Å². The Morgan fingerprint density at radius 3 is 1.73 bits per heavy atom. The molecule has 0 spiro atoms. The Balaban J connectivity index is 0. The van der Waals surface area contributed by atoms with E-state index in [1.54, 1.807) is 0 Å². The molecule has 0 rings (SSSR count). The van der Waals surface area contributed by atoms with E-state index >= 15 is 0 Å². The van der Waals surface area contributed by atoms with Crippen molar-refractivity contribution in [1.29, 1.82) is 0 Å².